The van der Waals surface area contributed by atoms with E-state index in [0.29, 0.717) is 5.75 Å². The van der Waals surface area contributed by atoms with Gasteiger partial charge < -0.3 is 30.9 Å². The van der Waals surface area contributed by atoms with Gasteiger partial charge >= 0.3 is 0 Å². The third-order valence-electron chi connectivity index (χ3n) is 2.28. The van der Waals surface area contributed by atoms with Crippen molar-refractivity contribution in [2.75, 3.05) is 12.0 Å². The van der Waals surface area contributed by atoms with E-state index in [1.807, 2.05) is 6.26 Å². The topological polar surface area (TPSA) is 137 Å². The van der Waals surface area contributed by atoms with Crippen LogP contribution in [0.1, 0.15) is 19.3 Å². The van der Waals surface area contributed by atoms with E-state index in [9.17, 15) is 24.6 Å². The summed E-state index contributed by atoms with van der Waals surface area (Å²) in [4.78, 5) is 32.5. The van der Waals surface area contributed by atoms with Crippen molar-refractivity contribution in [1.82, 2.24) is 5.32 Å². The highest BCUT2D eigenvalue weighted by Crippen LogP contribution is 2.01. The molecule has 0 aliphatic rings. The van der Waals surface area contributed by atoms with Crippen LogP contribution in [0, 0.1) is 0 Å². The SMILES string of the molecule is CSCC[C@H](NC(=O)CC[C@H]([NH3+])C(=O)[O-])C(=O)[O-]. The highest BCUT2D eigenvalue weighted by Gasteiger charge is 2.15. The fraction of sp³-hybridized carbons (Fsp3) is 0.700. The molecule has 104 valence electrons. The van der Waals surface area contributed by atoms with Gasteiger partial charge in [-0.2, -0.15) is 11.8 Å². The average Bonchev–Trinajstić information content (AvgIpc) is 2.30. The van der Waals surface area contributed by atoms with Crippen molar-refractivity contribution in [2.24, 2.45) is 0 Å². The van der Waals surface area contributed by atoms with E-state index in [2.05, 4.69) is 11.1 Å². The number of nitrogens with one attached hydrogen (secondary N) is 1. The summed E-state index contributed by atoms with van der Waals surface area (Å²) in [5, 5.41) is 23.4. The van der Waals surface area contributed by atoms with E-state index in [4.69, 9.17) is 0 Å². The Hall–Kier alpha value is -1.28. The van der Waals surface area contributed by atoms with Crippen LogP contribution in [-0.2, 0) is 14.4 Å². The molecule has 0 fully saturated rings. The Morgan fingerprint density at radius 3 is 2.28 bits per heavy atom. The van der Waals surface area contributed by atoms with E-state index in [0.717, 1.165) is 0 Å². The number of amides is 1. The Bertz CT molecular complexity index is 311. The van der Waals surface area contributed by atoms with Crippen molar-refractivity contribution >= 4 is 29.6 Å². The van der Waals surface area contributed by atoms with E-state index < -0.39 is 29.9 Å². The molecule has 0 aromatic rings. The first-order chi connectivity index (χ1) is 8.38. The maximum absolute atomic E-state index is 11.4. The van der Waals surface area contributed by atoms with Gasteiger partial charge in [-0.25, -0.2) is 0 Å². The van der Waals surface area contributed by atoms with E-state index in [1.165, 1.54) is 11.8 Å². The Morgan fingerprint density at radius 1 is 1.22 bits per heavy atom. The summed E-state index contributed by atoms with van der Waals surface area (Å²) in [7, 11) is 0. The summed E-state index contributed by atoms with van der Waals surface area (Å²) in [6, 6.07) is -2.03. The predicted molar refractivity (Wildman–Crippen MR) is 60.9 cm³/mol. The van der Waals surface area contributed by atoms with E-state index >= 15 is 0 Å². The number of hydrogen-bond acceptors (Lipinski definition) is 6. The van der Waals surface area contributed by atoms with Crippen molar-refractivity contribution in [3.8, 4) is 0 Å². The molecule has 0 spiro atoms. The molecule has 7 nitrogen and oxygen atoms in total. The molecule has 18 heavy (non-hydrogen) atoms. The minimum Gasteiger partial charge on any atom is -0.548 e. The summed E-state index contributed by atoms with van der Waals surface area (Å²) in [5.41, 5.74) is 3.30. The van der Waals surface area contributed by atoms with Crippen molar-refractivity contribution in [3.05, 3.63) is 0 Å². The van der Waals surface area contributed by atoms with Gasteiger partial charge in [-0.05, 0) is 18.4 Å². The van der Waals surface area contributed by atoms with Crippen LogP contribution < -0.4 is 21.3 Å². The molecular formula is C10H17N2O5S-. The largest absolute Gasteiger partial charge is 0.548 e. The molecule has 1 amide bonds. The van der Waals surface area contributed by atoms with Crippen LogP contribution in [0.4, 0.5) is 0 Å². The molecular weight excluding hydrogens is 260 g/mol. The van der Waals surface area contributed by atoms with Gasteiger partial charge in [0, 0.05) is 12.8 Å². The highest BCUT2D eigenvalue weighted by atomic mass is 32.2. The molecule has 0 aliphatic heterocycles. The number of carboxylic acids is 2. The second kappa shape index (κ2) is 8.76. The Kier molecular flexibility index (Phi) is 8.14. The molecule has 0 heterocycles. The fourth-order valence-corrected chi connectivity index (χ4v) is 1.65. The van der Waals surface area contributed by atoms with Crippen LogP contribution in [0.2, 0.25) is 0 Å². The lowest BCUT2D eigenvalue weighted by Gasteiger charge is -2.19. The molecule has 0 unspecified atom stereocenters. The molecule has 0 aromatic heterocycles. The molecule has 0 saturated heterocycles. The zero-order valence-corrected chi connectivity index (χ0v) is 11.0. The van der Waals surface area contributed by atoms with Crippen LogP contribution in [0.5, 0.6) is 0 Å². The Labute approximate surface area is 109 Å². The number of carboxylic acid groups (broad SMARTS) is 2. The van der Waals surface area contributed by atoms with Crippen molar-refractivity contribution in [1.29, 1.82) is 0 Å². The monoisotopic (exact) mass is 277 g/mol. The zero-order valence-electron chi connectivity index (χ0n) is 10.1. The van der Waals surface area contributed by atoms with Crippen LogP contribution >= 0.6 is 11.8 Å². The van der Waals surface area contributed by atoms with Crippen LogP contribution in [0.15, 0.2) is 0 Å². The van der Waals surface area contributed by atoms with Gasteiger partial charge in [-0.3, -0.25) is 4.79 Å². The Balaban J connectivity index is 4.09. The lowest BCUT2D eigenvalue weighted by atomic mass is 10.1. The molecule has 0 rings (SSSR count). The van der Waals surface area contributed by atoms with Gasteiger partial charge in [0.1, 0.15) is 6.04 Å². The van der Waals surface area contributed by atoms with Gasteiger partial charge in [0.05, 0.1) is 18.0 Å². The van der Waals surface area contributed by atoms with Gasteiger partial charge in [0.2, 0.25) is 5.91 Å². The smallest absolute Gasteiger partial charge is 0.220 e. The number of thioether (sulfide) groups is 1. The molecule has 0 aromatic carbocycles. The maximum Gasteiger partial charge on any atom is 0.220 e. The summed E-state index contributed by atoms with van der Waals surface area (Å²) >= 11 is 1.46. The highest BCUT2D eigenvalue weighted by molar-refractivity contribution is 7.98. The second-order valence-corrected chi connectivity index (χ2v) is 4.76. The van der Waals surface area contributed by atoms with Crippen LogP contribution in [0.3, 0.4) is 0 Å². The lowest BCUT2D eigenvalue weighted by molar-refractivity contribution is -0.438. The zero-order chi connectivity index (χ0) is 14.1. The Morgan fingerprint density at radius 2 is 1.83 bits per heavy atom. The van der Waals surface area contributed by atoms with Crippen molar-refractivity contribution < 1.29 is 30.3 Å². The first-order valence-electron chi connectivity index (χ1n) is 5.41. The minimum atomic E-state index is -1.34. The summed E-state index contributed by atoms with van der Waals surface area (Å²) in [6.45, 7) is 0. The molecule has 8 heteroatoms. The number of carbonyl (C=O) groups is 3. The third-order valence-corrected chi connectivity index (χ3v) is 2.93. The summed E-state index contributed by atoms with van der Waals surface area (Å²) < 4.78 is 0. The number of rotatable bonds is 9. The van der Waals surface area contributed by atoms with E-state index in [1.54, 1.807) is 0 Å². The second-order valence-electron chi connectivity index (χ2n) is 3.78. The number of hydrogen-bond donors (Lipinski definition) is 2. The first-order valence-corrected chi connectivity index (χ1v) is 6.81. The molecule has 4 N–H and O–H groups in total. The van der Waals surface area contributed by atoms with E-state index in [-0.39, 0.29) is 19.3 Å². The summed E-state index contributed by atoms with van der Waals surface area (Å²) in [5.74, 6) is -2.62. The molecule has 2 atom stereocenters. The first kappa shape index (κ1) is 16.7. The molecule has 0 saturated carbocycles. The maximum atomic E-state index is 11.4. The number of carbonyl (C=O) groups excluding carboxylic acids is 3. The van der Waals surface area contributed by atoms with Crippen LogP contribution in [0.25, 0.3) is 0 Å². The van der Waals surface area contributed by atoms with Gasteiger partial charge in [-0.1, -0.05) is 0 Å². The third kappa shape index (κ3) is 7.13. The minimum absolute atomic E-state index is 0.0104. The quantitative estimate of drug-likeness (QED) is 0.442. The van der Waals surface area contributed by atoms with Gasteiger partial charge in [0.25, 0.3) is 0 Å². The normalized spacial score (nSPS) is 13.7. The standard InChI is InChI=1S/C10H18N2O5S/c1-18-5-4-7(10(16)17)12-8(13)3-2-6(11)9(14)15/h6-7H,2-5,11H2,1H3,(H,12,13)(H,14,15)(H,16,17)/p-1/t6-,7-/m0/s1. The number of aliphatic carboxylic acids is 2. The molecule has 0 radical (unpaired) electrons. The summed E-state index contributed by atoms with van der Waals surface area (Å²) in [6.07, 6.45) is 1.99. The van der Waals surface area contributed by atoms with Gasteiger partial charge in [0.15, 0.2) is 0 Å². The van der Waals surface area contributed by atoms with Crippen molar-refractivity contribution in [3.63, 3.8) is 0 Å². The predicted octanol–water partition coefficient (Wildman–Crippen LogP) is -3.89. The average molecular weight is 277 g/mol. The van der Waals surface area contributed by atoms with Crippen LogP contribution in [-0.4, -0.2) is 41.9 Å². The molecule has 0 bridgehead atoms. The fourth-order valence-electron chi connectivity index (χ4n) is 1.17. The number of quaternary nitrogens is 1. The van der Waals surface area contributed by atoms with Crippen molar-refractivity contribution in [2.45, 2.75) is 31.3 Å². The lowest BCUT2D eigenvalue weighted by Crippen LogP contribution is -2.68. The molecule has 0 aliphatic carbocycles. The van der Waals surface area contributed by atoms with Gasteiger partial charge in [-0.15, -0.1) is 0 Å².